The average molecular weight is 288 g/mol. The van der Waals surface area contributed by atoms with Crippen molar-refractivity contribution >= 4 is 15.9 Å². The molecule has 0 aliphatic carbocycles. The van der Waals surface area contributed by atoms with Crippen LogP contribution in [0.4, 0.5) is 0 Å². The van der Waals surface area contributed by atoms with Crippen molar-refractivity contribution in [2.45, 2.75) is 44.9 Å². The molecule has 1 aliphatic rings. The SMILES string of the molecule is CCn1ncc(Br)c1C(N)C1CCCCO1. The molecule has 4 nitrogen and oxygen atoms in total. The molecule has 1 aliphatic heterocycles. The lowest BCUT2D eigenvalue weighted by molar-refractivity contribution is -0.00171. The van der Waals surface area contributed by atoms with Gasteiger partial charge in [-0.1, -0.05) is 0 Å². The molecule has 1 aromatic heterocycles. The van der Waals surface area contributed by atoms with Gasteiger partial charge in [0, 0.05) is 13.2 Å². The van der Waals surface area contributed by atoms with Gasteiger partial charge < -0.3 is 10.5 Å². The van der Waals surface area contributed by atoms with Crippen molar-refractivity contribution in [2.24, 2.45) is 5.73 Å². The Kier molecular flexibility index (Phi) is 4.00. The molecule has 2 unspecified atom stereocenters. The third kappa shape index (κ3) is 2.31. The number of aromatic nitrogens is 2. The Bertz CT molecular complexity index is 347. The minimum atomic E-state index is -0.0860. The first-order valence-electron chi connectivity index (χ1n) is 5.82. The van der Waals surface area contributed by atoms with Crippen LogP contribution in [0, 0.1) is 0 Å². The summed E-state index contributed by atoms with van der Waals surface area (Å²) in [5.41, 5.74) is 7.33. The summed E-state index contributed by atoms with van der Waals surface area (Å²) in [6.07, 6.45) is 5.34. The van der Waals surface area contributed by atoms with Crippen LogP contribution in [-0.2, 0) is 11.3 Å². The van der Waals surface area contributed by atoms with E-state index in [-0.39, 0.29) is 12.1 Å². The fourth-order valence-electron chi connectivity index (χ4n) is 2.18. The predicted molar refractivity (Wildman–Crippen MR) is 66.1 cm³/mol. The molecule has 0 saturated carbocycles. The largest absolute Gasteiger partial charge is 0.376 e. The Hall–Kier alpha value is -0.390. The molecule has 2 heterocycles. The fourth-order valence-corrected chi connectivity index (χ4v) is 2.74. The lowest BCUT2D eigenvalue weighted by atomic mass is 10.0. The highest BCUT2D eigenvalue weighted by Gasteiger charge is 2.27. The second-order valence-corrected chi connectivity index (χ2v) is 4.98. The second kappa shape index (κ2) is 5.29. The summed E-state index contributed by atoms with van der Waals surface area (Å²) in [6.45, 7) is 3.73. The molecule has 2 N–H and O–H groups in total. The maximum absolute atomic E-state index is 6.28. The quantitative estimate of drug-likeness (QED) is 0.928. The maximum Gasteiger partial charge on any atom is 0.0783 e. The van der Waals surface area contributed by atoms with Gasteiger partial charge in [0.2, 0.25) is 0 Å². The summed E-state index contributed by atoms with van der Waals surface area (Å²) in [6, 6.07) is -0.0860. The third-order valence-electron chi connectivity index (χ3n) is 3.06. The Morgan fingerprint density at radius 3 is 3.12 bits per heavy atom. The zero-order chi connectivity index (χ0) is 11.5. The summed E-state index contributed by atoms with van der Waals surface area (Å²) in [5, 5.41) is 4.28. The van der Waals surface area contributed by atoms with Gasteiger partial charge in [0.25, 0.3) is 0 Å². The van der Waals surface area contributed by atoms with Gasteiger partial charge in [-0.25, -0.2) is 0 Å². The molecule has 90 valence electrons. The van der Waals surface area contributed by atoms with Crippen molar-refractivity contribution in [1.29, 1.82) is 0 Å². The molecule has 0 bridgehead atoms. The van der Waals surface area contributed by atoms with Gasteiger partial charge in [0.1, 0.15) is 0 Å². The number of nitrogens with zero attached hydrogens (tertiary/aromatic N) is 2. The van der Waals surface area contributed by atoms with Crippen LogP contribution in [0.1, 0.15) is 37.9 Å². The molecule has 1 saturated heterocycles. The van der Waals surface area contributed by atoms with E-state index in [4.69, 9.17) is 10.5 Å². The monoisotopic (exact) mass is 287 g/mol. The van der Waals surface area contributed by atoms with Crippen LogP contribution in [0.25, 0.3) is 0 Å². The number of rotatable bonds is 3. The van der Waals surface area contributed by atoms with Crippen molar-refractivity contribution in [3.05, 3.63) is 16.4 Å². The molecule has 0 aromatic carbocycles. The average Bonchev–Trinajstić information content (AvgIpc) is 2.70. The van der Waals surface area contributed by atoms with E-state index in [1.54, 1.807) is 0 Å². The van der Waals surface area contributed by atoms with Crippen molar-refractivity contribution < 1.29 is 4.74 Å². The molecular formula is C11H18BrN3O. The highest BCUT2D eigenvalue weighted by molar-refractivity contribution is 9.10. The molecule has 2 rings (SSSR count). The lowest BCUT2D eigenvalue weighted by Gasteiger charge is -2.28. The van der Waals surface area contributed by atoms with Gasteiger partial charge in [0.05, 0.1) is 28.5 Å². The van der Waals surface area contributed by atoms with Gasteiger partial charge >= 0.3 is 0 Å². The van der Waals surface area contributed by atoms with Crippen LogP contribution in [-0.4, -0.2) is 22.5 Å². The van der Waals surface area contributed by atoms with Crippen molar-refractivity contribution in [3.63, 3.8) is 0 Å². The molecular weight excluding hydrogens is 270 g/mol. The Labute approximate surface area is 104 Å². The van der Waals surface area contributed by atoms with Crippen LogP contribution in [0.5, 0.6) is 0 Å². The summed E-state index contributed by atoms with van der Waals surface area (Å²) in [5.74, 6) is 0. The van der Waals surface area contributed by atoms with Crippen LogP contribution < -0.4 is 5.73 Å². The highest BCUT2D eigenvalue weighted by Crippen LogP contribution is 2.29. The second-order valence-electron chi connectivity index (χ2n) is 4.12. The number of aryl methyl sites for hydroxylation is 1. The molecule has 1 fully saturated rings. The van der Waals surface area contributed by atoms with Crippen molar-refractivity contribution in [1.82, 2.24) is 9.78 Å². The van der Waals surface area contributed by atoms with Gasteiger partial charge in [-0.05, 0) is 42.1 Å². The highest BCUT2D eigenvalue weighted by atomic mass is 79.9. The molecule has 16 heavy (non-hydrogen) atoms. The zero-order valence-electron chi connectivity index (χ0n) is 9.53. The summed E-state index contributed by atoms with van der Waals surface area (Å²) in [4.78, 5) is 0. The third-order valence-corrected chi connectivity index (χ3v) is 3.67. The Balaban J connectivity index is 2.18. The van der Waals surface area contributed by atoms with E-state index in [0.29, 0.717) is 0 Å². The van der Waals surface area contributed by atoms with Crippen molar-refractivity contribution in [3.8, 4) is 0 Å². The minimum absolute atomic E-state index is 0.0860. The standard InChI is InChI=1S/C11H18BrN3O/c1-2-15-11(8(12)7-14-15)10(13)9-5-3-4-6-16-9/h7,9-10H,2-6,13H2,1H3. The van der Waals surface area contributed by atoms with Gasteiger partial charge in [-0.2, -0.15) is 5.10 Å². The molecule has 2 atom stereocenters. The fraction of sp³-hybridized carbons (Fsp3) is 0.727. The minimum Gasteiger partial charge on any atom is -0.376 e. The van der Waals surface area contributed by atoms with Crippen LogP contribution >= 0.6 is 15.9 Å². The van der Waals surface area contributed by atoms with E-state index in [2.05, 4.69) is 28.0 Å². The lowest BCUT2D eigenvalue weighted by Crippen LogP contribution is -2.33. The van der Waals surface area contributed by atoms with E-state index in [0.717, 1.165) is 36.2 Å². The van der Waals surface area contributed by atoms with Gasteiger partial charge in [-0.3, -0.25) is 4.68 Å². The topological polar surface area (TPSA) is 53.1 Å². The van der Waals surface area contributed by atoms with Crippen LogP contribution in [0.2, 0.25) is 0 Å². The van der Waals surface area contributed by atoms with E-state index in [9.17, 15) is 0 Å². The van der Waals surface area contributed by atoms with Gasteiger partial charge in [-0.15, -0.1) is 0 Å². The molecule has 0 radical (unpaired) electrons. The first-order valence-corrected chi connectivity index (χ1v) is 6.61. The van der Waals surface area contributed by atoms with Crippen molar-refractivity contribution in [2.75, 3.05) is 6.61 Å². The number of halogens is 1. The van der Waals surface area contributed by atoms with E-state index in [1.807, 2.05) is 10.9 Å². The number of hydrogen-bond donors (Lipinski definition) is 1. The van der Waals surface area contributed by atoms with Gasteiger partial charge in [0.15, 0.2) is 0 Å². The van der Waals surface area contributed by atoms with E-state index >= 15 is 0 Å². The number of nitrogens with two attached hydrogens (primary N) is 1. The van der Waals surface area contributed by atoms with Crippen LogP contribution in [0.3, 0.4) is 0 Å². The van der Waals surface area contributed by atoms with E-state index in [1.165, 1.54) is 6.42 Å². The van der Waals surface area contributed by atoms with Crippen LogP contribution in [0.15, 0.2) is 10.7 Å². The molecule has 5 heteroatoms. The zero-order valence-corrected chi connectivity index (χ0v) is 11.1. The first-order chi connectivity index (χ1) is 7.74. The number of ether oxygens (including phenoxy) is 1. The first kappa shape index (κ1) is 12.1. The number of hydrogen-bond acceptors (Lipinski definition) is 3. The summed E-state index contributed by atoms with van der Waals surface area (Å²) >= 11 is 3.51. The smallest absolute Gasteiger partial charge is 0.0783 e. The molecule has 0 amide bonds. The summed E-state index contributed by atoms with van der Waals surface area (Å²) in [7, 11) is 0. The normalized spacial score (nSPS) is 23.3. The Morgan fingerprint density at radius 1 is 1.69 bits per heavy atom. The molecule has 0 spiro atoms. The predicted octanol–water partition coefficient (Wildman–Crippen LogP) is 2.23. The maximum atomic E-state index is 6.28. The summed E-state index contributed by atoms with van der Waals surface area (Å²) < 4.78 is 8.65. The molecule has 1 aromatic rings. The van der Waals surface area contributed by atoms with E-state index < -0.39 is 0 Å². The Morgan fingerprint density at radius 2 is 2.50 bits per heavy atom.